The highest BCUT2D eigenvalue weighted by Gasteiger charge is 2.25. The van der Waals surface area contributed by atoms with E-state index in [4.69, 9.17) is 4.74 Å². The molecule has 28 heavy (non-hydrogen) atoms. The quantitative estimate of drug-likeness (QED) is 0.662. The van der Waals surface area contributed by atoms with E-state index in [1.165, 1.54) is 0 Å². The summed E-state index contributed by atoms with van der Waals surface area (Å²) in [5.74, 6) is 0.349. The third-order valence-electron chi connectivity index (χ3n) is 4.73. The monoisotopic (exact) mass is 394 g/mol. The van der Waals surface area contributed by atoms with E-state index < -0.39 is 5.97 Å². The van der Waals surface area contributed by atoms with Crippen LogP contribution in [0.3, 0.4) is 0 Å². The van der Waals surface area contributed by atoms with E-state index in [9.17, 15) is 14.7 Å². The van der Waals surface area contributed by atoms with Gasteiger partial charge in [-0.2, -0.15) is 0 Å². The molecule has 1 aliphatic heterocycles. The number of thiophene rings is 1. The Balaban J connectivity index is 1.75. The Kier molecular flexibility index (Phi) is 4.60. The molecule has 0 spiro atoms. The van der Waals surface area contributed by atoms with Crippen LogP contribution in [0.25, 0.3) is 21.9 Å². The van der Waals surface area contributed by atoms with Crippen molar-refractivity contribution < 1.29 is 14.6 Å². The molecule has 142 valence electrons. The lowest BCUT2D eigenvalue weighted by atomic mass is 10.1. The van der Waals surface area contributed by atoms with Crippen LogP contribution < -0.4 is 10.3 Å². The molecule has 0 unspecified atom stereocenters. The Hall–Kier alpha value is -3.19. The van der Waals surface area contributed by atoms with Gasteiger partial charge in [0.25, 0.3) is 5.56 Å². The summed E-state index contributed by atoms with van der Waals surface area (Å²) in [4.78, 5) is 29.6. The molecule has 0 saturated heterocycles. The van der Waals surface area contributed by atoms with Gasteiger partial charge in [-0.15, -0.1) is 11.3 Å². The van der Waals surface area contributed by atoms with E-state index in [0.717, 1.165) is 28.2 Å². The molecule has 4 rings (SSSR count). The summed E-state index contributed by atoms with van der Waals surface area (Å²) >= 11 is 1.05. The topological polar surface area (TPSA) is 81.4 Å². The summed E-state index contributed by atoms with van der Waals surface area (Å²) in [6, 6.07) is 7.66. The van der Waals surface area contributed by atoms with Crippen molar-refractivity contribution in [2.45, 2.75) is 19.9 Å². The lowest BCUT2D eigenvalue weighted by molar-refractivity contribution is 0.0701. The average molecular weight is 394 g/mol. The number of aromatic nitrogens is 2. The van der Waals surface area contributed by atoms with E-state index in [1.54, 1.807) is 17.6 Å². The van der Waals surface area contributed by atoms with Crippen LogP contribution in [0.15, 0.2) is 41.7 Å². The van der Waals surface area contributed by atoms with Gasteiger partial charge < -0.3 is 9.84 Å². The van der Waals surface area contributed by atoms with Crippen molar-refractivity contribution in [1.82, 2.24) is 9.55 Å². The van der Waals surface area contributed by atoms with Gasteiger partial charge in [0.1, 0.15) is 27.9 Å². The molecule has 0 amide bonds. The fourth-order valence-electron chi connectivity index (χ4n) is 3.37. The number of ether oxygens (including phenoxy) is 1. The first-order valence-corrected chi connectivity index (χ1v) is 9.63. The average Bonchev–Trinajstić information content (AvgIpc) is 3.23. The number of hydrogen-bond donors (Lipinski definition) is 1. The van der Waals surface area contributed by atoms with Crippen molar-refractivity contribution in [2.24, 2.45) is 0 Å². The van der Waals surface area contributed by atoms with E-state index in [2.05, 4.69) is 11.6 Å². The van der Waals surface area contributed by atoms with Crippen molar-refractivity contribution >= 4 is 39.2 Å². The SMILES string of the molecule is C=CCOc1ccc(/C=C2/CCn3c2nc2sc(C(=O)O)c(C)c2c3=O)cc1. The van der Waals surface area contributed by atoms with Gasteiger partial charge in [-0.3, -0.25) is 9.36 Å². The zero-order valence-corrected chi connectivity index (χ0v) is 16.1. The van der Waals surface area contributed by atoms with Crippen LogP contribution in [0.4, 0.5) is 0 Å². The highest BCUT2D eigenvalue weighted by molar-refractivity contribution is 7.20. The van der Waals surface area contributed by atoms with Crippen molar-refractivity contribution in [3.8, 4) is 5.75 Å². The first-order chi connectivity index (χ1) is 13.5. The van der Waals surface area contributed by atoms with Crippen LogP contribution in [0.2, 0.25) is 0 Å². The van der Waals surface area contributed by atoms with Crippen molar-refractivity contribution in [3.05, 3.63) is 69.1 Å². The predicted molar refractivity (Wildman–Crippen MR) is 110 cm³/mol. The molecule has 1 N–H and O–H groups in total. The molecule has 7 heteroatoms. The molecule has 3 heterocycles. The number of carboxylic acid groups (broad SMARTS) is 1. The molecule has 2 aromatic heterocycles. The lowest BCUT2D eigenvalue weighted by Gasteiger charge is -2.05. The van der Waals surface area contributed by atoms with Gasteiger partial charge in [0.05, 0.1) is 5.39 Å². The third kappa shape index (κ3) is 3.03. The molecule has 3 aromatic rings. The maximum atomic E-state index is 12.9. The second kappa shape index (κ2) is 7.09. The molecule has 1 aliphatic rings. The van der Waals surface area contributed by atoms with Crippen LogP contribution in [-0.4, -0.2) is 27.2 Å². The predicted octanol–water partition coefficient (Wildman–Crippen LogP) is 3.97. The van der Waals surface area contributed by atoms with Gasteiger partial charge in [-0.05, 0) is 48.3 Å². The molecular formula is C21H18N2O4S. The number of aromatic carboxylic acids is 1. The third-order valence-corrected chi connectivity index (χ3v) is 5.90. The van der Waals surface area contributed by atoms with Crippen molar-refractivity contribution in [2.75, 3.05) is 6.61 Å². The summed E-state index contributed by atoms with van der Waals surface area (Å²) in [6.07, 6.45) is 4.41. The number of hydrogen-bond acceptors (Lipinski definition) is 5. The highest BCUT2D eigenvalue weighted by Crippen LogP contribution is 2.32. The maximum absolute atomic E-state index is 12.9. The van der Waals surface area contributed by atoms with Gasteiger partial charge in [0.2, 0.25) is 0 Å². The first-order valence-electron chi connectivity index (χ1n) is 8.81. The van der Waals surface area contributed by atoms with Crippen LogP contribution in [-0.2, 0) is 6.54 Å². The van der Waals surface area contributed by atoms with Crippen LogP contribution in [0, 0.1) is 6.92 Å². The Morgan fingerprint density at radius 3 is 2.82 bits per heavy atom. The van der Waals surface area contributed by atoms with Gasteiger partial charge in [-0.25, -0.2) is 9.78 Å². The molecular weight excluding hydrogens is 376 g/mol. The maximum Gasteiger partial charge on any atom is 0.346 e. The zero-order chi connectivity index (χ0) is 19.8. The summed E-state index contributed by atoms with van der Waals surface area (Å²) in [6.45, 7) is 6.29. The molecule has 0 bridgehead atoms. The number of fused-ring (bicyclic) bond motifs is 2. The fourth-order valence-corrected chi connectivity index (χ4v) is 4.38. The van der Waals surface area contributed by atoms with E-state index in [1.807, 2.05) is 30.3 Å². The lowest BCUT2D eigenvalue weighted by Crippen LogP contribution is -2.20. The Morgan fingerprint density at radius 2 is 2.14 bits per heavy atom. The Bertz CT molecular complexity index is 1190. The van der Waals surface area contributed by atoms with Gasteiger partial charge in [0, 0.05) is 6.54 Å². The van der Waals surface area contributed by atoms with Gasteiger partial charge in [-0.1, -0.05) is 24.8 Å². The zero-order valence-electron chi connectivity index (χ0n) is 15.3. The summed E-state index contributed by atoms with van der Waals surface area (Å²) in [5, 5.41) is 9.75. The largest absolute Gasteiger partial charge is 0.490 e. The van der Waals surface area contributed by atoms with Crippen molar-refractivity contribution in [1.29, 1.82) is 0 Å². The fraction of sp³-hybridized carbons (Fsp3) is 0.190. The number of rotatable bonds is 5. The second-order valence-corrected chi connectivity index (χ2v) is 7.52. The first kappa shape index (κ1) is 18.2. The highest BCUT2D eigenvalue weighted by atomic mass is 32.1. The minimum atomic E-state index is -1.03. The molecule has 0 radical (unpaired) electrons. The number of aryl methyl sites for hydroxylation is 1. The molecule has 0 aliphatic carbocycles. The van der Waals surface area contributed by atoms with Gasteiger partial charge in [0.15, 0.2) is 0 Å². The molecule has 0 fully saturated rings. The van der Waals surface area contributed by atoms with E-state index in [-0.39, 0.29) is 10.4 Å². The molecule has 1 aromatic carbocycles. The Labute approximate surface area is 165 Å². The van der Waals surface area contributed by atoms with E-state index in [0.29, 0.717) is 41.2 Å². The molecule has 0 atom stereocenters. The van der Waals surface area contributed by atoms with Crippen LogP contribution >= 0.6 is 11.3 Å². The number of allylic oxidation sites excluding steroid dienone is 1. The van der Waals surface area contributed by atoms with E-state index >= 15 is 0 Å². The van der Waals surface area contributed by atoms with Gasteiger partial charge >= 0.3 is 5.97 Å². The summed E-state index contributed by atoms with van der Waals surface area (Å²) < 4.78 is 7.13. The van der Waals surface area contributed by atoms with Crippen molar-refractivity contribution in [3.63, 3.8) is 0 Å². The van der Waals surface area contributed by atoms with Crippen LogP contribution in [0.5, 0.6) is 5.75 Å². The Morgan fingerprint density at radius 1 is 1.39 bits per heavy atom. The molecule has 0 saturated carbocycles. The minimum absolute atomic E-state index is 0.169. The molecule has 6 nitrogen and oxygen atoms in total. The smallest absolute Gasteiger partial charge is 0.346 e. The number of carbonyl (C=O) groups is 1. The number of benzene rings is 1. The second-order valence-electron chi connectivity index (χ2n) is 6.52. The minimum Gasteiger partial charge on any atom is -0.490 e. The normalized spacial score (nSPS) is 14.4. The number of carboxylic acids is 1. The number of nitrogens with zero attached hydrogens (tertiary/aromatic N) is 2. The van der Waals surface area contributed by atoms with Crippen LogP contribution in [0.1, 0.15) is 33.0 Å². The standard InChI is InChI=1S/C21H18N2O4S/c1-3-10-27-15-6-4-13(5-7-15)11-14-8-9-23-18(14)22-19-16(20(23)24)12(2)17(28-19)21(25)26/h3-7,11H,1,8-10H2,2H3,(H,25,26)/b14-11-. The summed E-state index contributed by atoms with van der Waals surface area (Å²) in [5.41, 5.74) is 2.27. The summed E-state index contributed by atoms with van der Waals surface area (Å²) in [7, 11) is 0.